The largest absolute Gasteiger partial charge is 0.493 e. The maximum absolute atomic E-state index is 13.3. The van der Waals surface area contributed by atoms with Crippen LogP contribution in [-0.2, 0) is 0 Å². The summed E-state index contributed by atoms with van der Waals surface area (Å²) in [6.45, 7) is 0. The van der Waals surface area contributed by atoms with Gasteiger partial charge in [-0.2, -0.15) is 0 Å². The molecule has 6 heteroatoms. The monoisotopic (exact) mass is 378 g/mol. The maximum Gasteiger partial charge on any atom is 0.203 e. The molecular formula is C22H19FN2O3. The number of fused-ring (bicyclic) bond motifs is 1. The van der Waals surface area contributed by atoms with Crippen molar-refractivity contribution in [2.24, 2.45) is 0 Å². The predicted molar refractivity (Wildman–Crippen MR) is 107 cm³/mol. The summed E-state index contributed by atoms with van der Waals surface area (Å²) in [5, 5.41) is 0.942. The normalized spacial score (nSPS) is 10.9. The lowest BCUT2D eigenvalue weighted by Gasteiger charge is -2.14. The highest BCUT2D eigenvalue weighted by Gasteiger charge is 2.15. The molecule has 0 aliphatic heterocycles. The lowest BCUT2D eigenvalue weighted by Crippen LogP contribution is -1.96. The molecule has 2 aromatic heterocycles. The second-order valence-electron chi connectivity index (χ2n) is 6.24. The minimum Gasteiger partial charge on any atom is -0.493 e. The number of nitrogens with zero attached hydrogens (tertiary/aromatic N) is 1. The molecule has 0 aliphatic rings. The number of aromatic nitrogens is 2. The molecule has 0 fully saturated rings. The fourth-order valence-corrected chi connectivity index (χ4v) is 3.28. The molecule has 28 heavy (non-hydrogen) atoms. The number of H-pyrrole nitrogens is 1. The summed E-state index contributed by atoms with van der Waals surface area (Å²) in [6, 6.07) is 12.2. The first-order valence-electron chi connectivity index (χ1n) is 8.68. The fraction of sp³-hybridized carbons (Fsp3) is 0.136. The predicted octanol–water partition coefficient (Wildman–Crippen LogP) is 5.06. The van der Waals surface area contributed by atoms with Crippen LogP contribution in [0.1, 0.15) is 0 Å². The molecule has 0 saturated heterocycles. The van der Waals surface area contributed by atoms with Crippen LogP contribution in [0.5, 0.6) is 17.2 Å². The smallest absolute Gasteiger partial charge is 0.203 e. The molecule has 0 amide bonds. The van der Waals surface area contributed by atoms with Crippen LogP contribution < -0.4 is 14.2 Å². The Balaban J connectivity index is 1.86. The number of hydrogen-bond acceptors (Lipinski definition) is 4. The lowest BCUT2D eigenvalue weighted by molar-refractivity contribution is 0.324. The number of rotatable bonds is 5. The van der Waals surface area contributed by atoms with Gasteiger partial charge < -0.3 is 19.2 Å². The van der Waals surface area contributed by atoms with E-state index in [1.54, 1.807) is 39.7 Å². The van der Waals surface area contributed by atoms with Crippen LogP contribution in [0.15, 0.2) is 54.9 Å². The molecular weight excluding hydrogens is 359 g/mol. The Kier molecular flexibility index (Phi) is 4.61. The molecule has 5 nitrogen and oxygen atoms in total. The van der Waals surface area contributed by atoms with E-state index in [0.717, 1.165) is 33.3 Å². The summed E-state index contributed by atoms with van der Waals surface area (Å²) in [7, 11) is 4.74. The lowest BCUT2D eigenvalue weighted by atomic mass is 10.0. The van der Waals surface area contributed by atoms with Crippen molar-refractivity contribution in [2.45, 2.75) is 0 Å². The van der Waals surface area contributed by atoms with Gasteiger partial charge in [-0.1, -0.05) is 12.1 Å². The van der Waals surface area contributed by atoms with Crippen LogP contribution in [0.3, 0.4) is 0 Å². The highest BCUT2D eigenvalue weighted by Crippen LogP contribution is 2.41. The summed E-state index contributed by atoms with van der Waals surface area (Å²) in [4.78, 5) is 7.70. The van der Waals surface area contributed by atoms with E-state index in [0.29, 0.717) is 17.2 Å². The van der Waals surface area contributed by atoms with E-state index in [2.05, 4.69) is 9.97 Å². The quantitative estimate of drug-likeness (QED) is 0.527. The van der Waals surface area contributed by atoms with Gasteiger partial charge in [0.25, 0.3) is 0 Å². The highest BCUT2D eigenvalue weighted by atomic mass is 19.1. The first-order chi connectivity index (χ1) is 13.6. The second-order valence-corrected chi connectivity index (χ2v) is 6.24. The summed E-state index contributed by atoms with van der Waals surface area (Å²) < 4.78 is 29.6. The van der Waals surface area contributed by atoms with Crippen LogP contribution in [0.4, 0.5) is 4.39 Å². The van der Waals surface area contributed by atoms with Gasteiger partial charge in [0.05, 0.1) is 21.3 Å². The van der Waals surface area contributed by atoms with Crippen molar-refractivity contribution in [1.82, 2.24) is 9.97 Å². The van der Waals surface area contributed by atoms with E-state index in [9.17, 15) is 4.39 Å². The minimum atomic E-state index is -0.264. The summed E-state index contributed by atoms with van der Waals surface area (Å²) in [5.74, 6) is 1.42. The SMILES string of the molecule is COc1cc(-c2cnc3[nH]cc(-c4ccc(F)cc4)c3c2)cc(OC)c1OC. The molecule has 0 bridgehead atoms. The van der Waals surface area contributed by atoms with Crippen molar-refractivity contribution in [3.8, 4) is 39.5 Å². The standard InChI is InChI=1S/C22H19FN2O3/c1-26-19-9-14(10-20(27-2)21(19)28-3)15-8-17-18(12-25-22(17)24-11-15)13-4-6-16(23)7-5-13/h4-12H,1-3H3,(H,24,25). The van der Waals surface area contributed by atoms with Crippen LogP contribution in [0, 0.1) is 5.82 Å². The van der Waals surface area contributed by atoms with Gasteiger partial charge in [0, 0.05) is 28.9 Å². The van der Waals surface area contributed by atoms with Crippen molar-refractivity contribution in [2.75, 3.05) is 21.3 Å². The summed E-state index contributed by atoms with van der Waals surface area (Å²) in [6.07, 6.45) is 3.66. The van der Waals surface area contributed by atoms with Crippen LogP contribution in [0.2, 0.25) is 0 Å². The molecule has 142 valence electrons. The molecule has 4 rings (SSSR count). The van der Waals surface area contributed by atoms with Gasteiger partial charge in [-0.3, -0.25) is 0 Å². The van der Waals surface area contributed by atoms with Gasteiger partial charge in [-0.25, -0.2) is 9.37 Å². The van der Waals surface area contributed by atoms with E-state index < -0.39 is 0 Å². The Morgan fingerprint density at radius 2 is 1.50 bits per heavy atom. The molecule has 2 heterocycles. The zero-order valence-corrected chi connectivity index (χ0v) is 15.7. The molecule has 0 saturated carbocycles. The van der Waals surface area contributed by atoms with Gasteiger partial charge in [-0.15, -0.1) is 0 Å². The maximum atomic E-state index is 13.3. The third-order valence-corrected chi connectivity index (χ3v) is 4.68. The van der Waals surface area contributed by atoms with Crippen molar-refractivity contribution in [3.63, 3.8) is 0 Å². The number of benzene rings is 2. The Hall–Kier alpha value is -3.54. The summed E-state index contributed by atoms with van der Waals surface area (Å²) in [5.41, 5.74) is 4.41. The van der Waals surface area contributed by atoms with Crippen molar-refractivity contribution in [1.29, 1.82) is 0 Å². The van der Waals surface area contributed by atoms with E-state index >= 15 is 0 Å². The zero-order valence-electron chi connectivity index (χ0n) is 15.7. The first kappa shape index (κ1) is 17.9. The van der Waals surface area contributed by atoms with Gasteiger partial charge in [-0.05, 0) is 41.5 Å². The molecule has 0 spiro atoms. The fourth-order valence-electron chi connectivity index (χ4n) is 3.28. The Bertz CT molecular complexity index is 1110. The molecule has 4 aromatic rings. The molecule has 1 N–H and O–H groups in total. The number of nitrogens with one attached hydrogen (secondary N) is 1. The van der Waals surface area contributed by atoms with Crippen LogP contribution in [-0.4, -0.2) is 31.3 Å². The van der Waals surface area contributed by atoms with E-state index in [-0.39, 0.29) is 5.82 Å². The third kappa shape index (κ3) is 3.03. The zero-order chi connectivity index (χ0) is 19.7. The number of methoxy groups -OCH3 is 3. The molecule has 0 radical (unpaired) electrons. The van der Waals surface area contributed by atoms with Crippen LogP contribution in [0.25, 0.3) is 33.3 Å². The van der Waals surface area contributed by atoms with Crippen LogP contribution >= 0.6 is 0 Å². The molecule has 0 unspecified atom stereocenters. The average molecular weight is 378 g/mol. The Labute approximate surface area is 161 Å². The number of aromatic amines is 1. The van der Waals surface area contributed by atoms with E-state index in [1.165, 1.54) is 12.1 Å². The molecule has 0 atom stereocenters. The minimum absolute atomic E-state index is 0.264. The highest BCUT2D eigenvalue weighted by molar-refractivity contribution is 5.96. The number of halogens is 1. The average Bonchev–Trinajstić information content (AvgIpc) is 3.16. The first-order valence-corrected chi connectivity index (χ1v) is 8.68. The Morgan fingerprint density at radius 3 is 2.11 bits per heavy atom. The van der Waals surface area contributed by atoms with Crippen molar-refractivity contribution >= 4 is 11.0 Å². The van der Waals surface area contributed by atoms with Gasteiger partial charge in [0.2, 0.25) is 5.75 Å². The van der Waals surface area contributed by atoms with E-state index in [4.69, 9.17) is 14.2 Å². The van der Waals surface area contributed by atoms with Gasteiger partial charge in [0.15, 0.2) is 11.5 Å². The third-order valence-electron chi connectivity index (χ3n) is 4.68. The van der Waals surface area contributed by atoms with Crippen molar-refractivity contribution < 1.29 is 18.6 Å². The number of pyridine rings is 1. The molecule has 0 aliphatic carbocycles. The summed E-state index contributed by atoms with van der Waals surface area (Å²) >= 11 is 0. The van der Waals surface area contributed by atoms with Gasteiger partial charge in [0.1, 0.15) is 11.5 Å². The topological polar surface area (TPSA) is 56.4 Å². The Morgan fingerprint density at radius 1 is 0.821 bits per heavy atom. The van der Waals surface area contributed by atoms with Crippen molar-refractivity contribution in [3.05, 3.63) is 60.7 Å². The number of ether oxygens (including phenoxy) is 3. The second kappa shape index (κ2) is 7.23. The molecule has 2 aromatic carbocycles. The number of hydrogen-bond donors (Lipinski definition) is 1. The van der Waals surface area contributed by atoms with Gasteiger partial charge >= 0.3 is 0 Å². The van der Waals surface area contributed by atoms with E-state index in [1.807, 2.05) is 24.4 Å².